The molecule has 2 rings (SSSR count). The molecule has 0 saturated heterocycles. The second-order valence-corrected chi connectivity index (χ2v) is 3.33. The highest BCUT2D eigenvalue weighted by atomic mass is 19.4. The molecule has 2 heterocycles. The van der Waals surface area contributed by atoms with Gasteiger partial charge in [0.05, 0.1) is 30.3 Å². The summed E-state index contributed by atoms with van der Waals surface area (Å²) in [5.41, 5.74) is -0.0624. The van der Waals surface area contributed by atoms with Gasteiger partial charge in [0.15, 0.2) is 0 Å². The molecule has 0 radical (unpaired) electrons. The van der Waals surface area contributed by atoms with Crippen LogP contribution in [0.4, 0.5) is 13.2 Å². The molecule has 0 saturated carbocycles. The van der Waals surface area contributed by atoms with Gasteiger partial charge in [0.25, 0.3) is 0 Å². The molecule has 0 spiro atoms. The van der Waals surface area contributed by atoms with E-state index in [0.717, 1.165) is 17.1 Å². The van der Waals surface area contributed by atoms with E-state index in [4.69, 9.17) is 5.11 Å². The van der Waals surface area contributed by atoms with Crippen LogP contribution in [0.1, 0.15) is 11.1 Å². The monoisotopic (exact) mass is 243 g/mol. The van der Waals surface area contributed by atoms with Crippen molar-refractivity contribution in [1.29, 1.82) is 0 Å². The van der Waals surface area contributed by atoms with Crippen molar-refractivity contribution in [1.82, 2.24) is 14.8 Å². The molecule has 4 nitrogen and oxygen atoms in total. The summed E-state index contributed by atoms with van der Waals surface area (Å²) in [4.78, 5) is 3.79. The molecule has 0 atom stereocenters. The minimum Gasteiger partial charge on any atom is -0.392 e. The van der Waals surface area contributed by atoms with Crippen molar-refractivity contribution in [3.8, 4) is 5.69 Å². The van der Waals surface area contributed by atoms with E-state index in [1.807, 2.05) is 0 Å². The molecular formula is C10H8F3N3O. The Kier molecular flexibility index (Phi) is 2.84. The van der Waals surface area contributed by atoms with E-state index >= 15 is 0 Å². The Labute approximate surface area is 94.3 Å². The van der Waals surface area contributed by atoms with Crippen molar-refractivity contribution in [3.05, 3.63) is 42.0 Å². The molecule has 0 fully saturated rings. The van der Waals surface area contributed by atoms with Gasteiger partial charge in [0.1, 0.15) is 0 Å². The number of alkyl halides is 3. The lowest BCUT2D eigenvalue weighted by Gasteiger charge is -2.06. The largest absolute Gasteiger partial charge is 0.419 e. The fourth-order valence-electron chi connectivity index (χ4n) is 1.36. The second-order valence-electron chi connectivity index (χ2n) is 3.33. The van der Waals surface area contributed by atoms with Crippen LogP contribution in [0.5, 0.6) is 0 Å². The summed E-state index contributed by atoms with van der Waals surface area (Å²) in [6.07, 6.45) is -0.0495. The molecular weight excluding hydrogens is 235 g/mol. The lowest BCUT2D eigenvalue weighted by molar-refractivity contribution is -0.137. The molecule has 0 unspecified atom stereocenters. The van der Waals surface area contributed by atoms with Gasteiger partial charge in [0.2, 0.25) is 0 Å². The number of aromatic nitrogens is 3. The van der Waals surface area contributed by atoms with Crippen molar-refractivity contribution in [2.45, 2.75) is 12.8 Å². The van der Waals surface area contributed by atoms with Crippen molar-refractivity contribution >= 4 is 0 Å². The molecule has 0 aliphatic heterocycles. The van der Waals surface area contributed by atoms with Gasteiger partial charge >= 0.3 is 6.18 Å². The summed E-state index contributed by atoms with van der Waals surface area (Å²) in [5.74, 6) is 0. The van der Waals surface area contributed by atoms with E-state index in [1.165, 1.54) is 18.5 Å². The topological polar surface area (TPSA) is 50.9 Å². The molecule has 7 heteroatoms. The van der Waals surface area contributed by atoms with Gasteiger partial charge in [-0.05, 0) is 6.07 Å². The molecule has 90 valence electrons. The summed E-state index contributed by atoms with van der Waals surface area (Å²) in [6.45, 7) is -0.293. The highest BCUT2D eigenvalue weighted by Crippen LogP contribution is 2.29. The Balaban J connectivity index is 2.44. The van der Waals surface area contributed by atoms with Gasteiger partial charge in [-0.3, -0.25) is 4.98 Å². The minimum atomic E-state index is -4.43. The summed E-state index contributed by atoms with van der Waals surface area (Å²) in [6, 6.07) is 1.52. The number of nitrogens with zero attached hydrogens (tertiary/aromatic N) is 3. The summed E-state index contributed by atoms with van der Waals surface area (Å²) >= 11 is 0. The number of pyridine rings is 1. The van der Waals surface area contributed by atoms with Crippen LogP contribution < -0.4 is 0 Å². The third-order valence-electron chi connectivity index (χ3n) is 2.21. The lowest BCUT2D eigenvalue weighted by Crippen LogP contribution is -2.04. The summed E-state index contributed by atoms with van der Waals surface area (Å²) in [7, 11) is 0. The molecule has 2 aromatic rings. The van der Waals surface area contributed by atoms with E-state index < -0.39 is 11.7 Å². The first-order valence-corrected chi connectivity index (χ1v) is 4.68. The van der Waals surface area contributed by atoms with Gasteiger partial charge < -0.3 is 5.11 Å². The Bertz CT molecular complexity index is 522. The standard InChI is InChI=1S/C10H8F3N3O/c11-10(12,13)8-3-15-16(5-8)9-4-14-2-1-7(9)6-17/h1-5,17H,6H2. The van der Waals surface area contributed by atoms with E-state index in [1.54, 1.807) is 0 Å². The van der Waals surface area contributed by atoms with E-state index in [-0.39, 0.29) is 6.61 Å². The predicted octanol–water partition coefficient (Wildman–Crippen LogP) is 1.78. The van der Waals surface area contributed by atoms with Crippen LogP contribution in [0.3, 0.4) is 0 Å². The maximum absolute atomic E-state index is 12.4. The van der Waals surface area contributed by atoms with Gasteiger partial charge in [-0.15, -0.1) is 0 Å². The van der Waals surface area contributed by atoms with Gasteiger partial charge in [0, 0.05) is 18.0 Å². The number of hydrogen-bond donors (Lipinski definition) is 1. The zero-order valence-corrected chi connectivity index (χ0v) is 8.52. The lowest BCUT2D eigenvalue weighted by atomic mass is 10.2. The van der Waals surface area contributed by atoms with E-state index in [0.29, 0.717) is 11.3 Å². The summed E-state index contributed by atoms with van der Waals surface area (Å²) < 4.78 is 38.2. The van der Waals surface area contributed by atoms with Gasteiger partial charge in [-0.1, -0.05) is 0 Å². The van der Waals surface area contributed by atoms with Crippen molar-refractivity contribution in [2.24, 2.45) is 0 Å². The first kappa shape index (κ1) is 11.6. The number of aliphatic hydroxyl groups is 1. The number of rotatable bonds is 2. The Morgan fingerprint density at radius 1 is 1.29 bits per heavy atom. The molecule has 0 aliphatic rings. The fourth-order valence-corrected chi connectivity index (χ4v) is 1.36. The highest BCUT2D eigenvalue weighted by Gasteiger charge is 2.32. The highest BCUT2D eigenvalue weighted by molar-refractivity contribution is 5.37. The van der Waals surface area contributed by atoms with Crippen molar-refractivity contribution < 1.29 is 18.3 Å². The number of aliphatic hydroxyl groups excluding tert-OH is 1. The maximum Gasteiger partial charge on any atom is 0.419 e. The molecule has 1 N–H and O–H groups in total. The SMILES string of the molecule is OCc1ccncc1-n1cc(C(F)(F)F)cn1. The normalized spacial score (nSPS) is 11.8. The smallest absolute Gasteiger partial charge is 0.392 e. The van der Waals surface area contributed by atoms with Crippen LogP contribution in [0.25, 0.3) is 5.69 Å². The van der Waals surface area contributed by atoms with Crippen LogP contribution in [0.2, 0.25) is 0 Å². The molecule has 0 aromatic carbocycles. The molecule has 17 heavy (non-hydrogen) atoms. The van der Waals surface area contributed by atoms with Crippen molar-refractivity contribution in [2.75, 3.05) is 0 Å². The average molecular weight is 243 g/mol. The third-order valence-corrected chi connectivity index (χ3v) is 2.21. The molecule has 0 aliphatic carbocycles. The number of halogens is 3. The maximum atomic E-state index is 12.4. The predicted molar refractivity (Wildman–Crippen MR) is 52.3 cm³/mol. The Hall–Kier alpha value is -1.89. The van der Waals surface area contributed by atoms with E-state index in [2.05, 4.69) is 10.1 Å². The third kappa shape index (κ3) is 2.28. The zero-order chi connectivity index (χ0) is 12.5. The molecule has 0 bridgehead atoms. The van der Waals surface area contributed by atoms with Gasteiger partial charge in [-0.25, -0.2) is 4.68 Å². The van der Waals surface area contributed by atoms with Crippen LogP contribution in [0, 0.1) is 0 Å². The first-order valence-electron chi connectivity index (χ1n) is 4.68. The van der Waals surface area contributed by atoms with Gasteiger partial charge in [-0.2, -0.15) is 18.3 Å². The second kappa shape index (κ2) is 4.17. The van der Waals surface area contributed by atoms with Crippen LogP contribution in [0.15, 0.2) is 30.9 Å². The van der Waals surface area contributed by atoms with Crippen molar-refractivity contribution in [3.63, 3.8) is 0 Å². The van der Waals surface area contributed by atoms with Crippen LogP contribution >= 0.6 is 0 Å². The number of hydrogen-bond acceptors (Lipinski definition) is 3. The average Bonchev–Trinajstić information content (AvgIpc) is 2.77. The molecule has 0 amide bonds. The van der Waals surface area contributed by atoms with Crippen LogP contribution in [-0.2, 0) is 12.8 Å². The first-order chi connectivity index (χ1) is 8.02. The van der Waals surface area contributed by atoms with E-state index in [9.17, 15) is 13.2 Å². The fraction of sp³-hybridized carbons (Fsp3) is 0.200. The Morgan fingerprint density at radius 2 is 2.06 bits per heavy atom. The summed E-state index contributed by atoms with van der Waals surface area (Å²) in [5, 5.41) is 12.7. The minimum absolute atomic E-state index is 0.293. The quantitative estimate of drug-likeness (QED) is 0.874. The van der Waals surface area contributed by atoms with Crippen LogP contribution in [-0.4, -0.2) is 19.9 Å². The molecule has 2 aromatic heterocycles. The zero-order valence-electron chi connectivity index (χ0n) is 8.52. The Morgan fingerprint density at radius 3 is 2.65 bits per heavy atom.